The number of aromatic nitrogens is 3. The smallest absolute Gasteiger partial charge is 0.242 e. The highest BCUT2D eigenvalue weighted by molar-refractivity contribution is 7.89. The average molecular weight is 487 g/mol. The largest absolute Gasteiger partial charge is 0.378 e. The highest BCUT2D eigenvalue weighted by Gasteiger charge is 2.20. The van der Waals surface area contributed by atoms with Crippen molar-refractivity contribution in [2.45, 2.75) is 31.2 Å². The summed E-state index contributed by atoms with van der Waals surface area (Å²) in [7, 11) is -0.545. The van der Waals surface area contributed by atoms with Crippen LogP contribution in [0.3, 0.4) is 0 Å². The van der Waals surface area contributed by atoms with Crippen molar-refractivity contribution in [2.75, 3.05) is 50.6 Å². The van der Waals surface area contributed by atoms with Crippen LogP contribution in [-0.2, 0) is 32.5 Å². The summed E-state index contributed by atoms with van der Waals surface area (Å²) in [6, 6.07) is 8.70. The summed E-state index contributed by atoms with van der Waals surface area (Å²) in [5.74, 6) is 1.48. The Kier molecular flexibility index (Phi) is 7.15. The molecule has 1 N–H and O–H groups in total. The molecule has 4 rings (SSSR count). The predicted molar refractivity (Wildman–Crippen MR) is 130 cm³/mol. The van der Waals surface area contributed by atoms with Crippen molar-refractivity contribution < 1.29 is 17.9 Å². The van der Waals surface area contributed by atoms with Crippen LogP contribution in [0, 0.1) is 0 Å². The molecule has 0 saturated carbocycles. The molecule has 0 aliphatic carbocycles. The SMILES string of the molecule is CCn1c(CCC(=O)Nc2ccc(N3CCOCC3)nc2)nc2cc(S(=O)(=O)N(C)C)ccc21. The van der Waals surface area contributed by atoms with Crippen molar-refractivity contribution in [3.05, 3.63) is 42.4 Å². The van der Waals surface area contributed by atoms with Crippen LogP contribution >= 0.6 is 0 Å². The molecule has 0 spiro atoms. The van der Waals surface area contributed by atoms with Gasteiger partial charge in [-0.15, -0.1) is 0 Å². The zero-order chi connectivity index (χ0) is 24.3. The lowest BCUT2D eigenvalue weighted by atomic mass is 10.2. The number of morpholine rings is 1. The van der Waals surface area contributed by atoms with E-state index < -0.39 is 10.0 Å². The van der Waals surface area contributed by atoms with E-state index in [1.54, 1.807) is 24.4 Å². The van der Waals surface area contributed by atoms with Gasteiger partial charge in [0.05, 0.1) is 41.0 Å². The number of fused-ring (bicyclic) bond motifs is 1. The molecule has 34 heavy (non-hydrogen) atoms. The zero-order valence-corrected chi connectivity index (χ0v) is 20.5. The maximum absolute atomic E-state index is 12.6. The van der Waals surface area contributed by atoms with Crippen LogP contribution in [0.15, 0.2) is 41.4 Å². The molecule has 0 radical (unpaired) electrons. The maximum atomic E-state index is 12.6. The quantitative estimate of drug-likeness (QED) is 0.519. The van der Waals surface area contributed by atoms with Gasteiger partial charge in [-0.2, -0.15) is 0 Å². The third kappa shape index (κ3) is 5.06. The van der Waals surface area contributed by atoms with E-state index >= 15 is 0 Å². The third-order valence-electron chi connectivity index (χ3n) is 5.84. The molecule has 3 heterocycles. The first-order chi connectivity index (χ1) is 16.3. The van der Waals surface area contributed by atoms with Crippen molar-refractivity contribution in [3.63, 3.8) is 0 Å². The number of benzene rings is 1. The van der Waals surface area contributed by atoms with Crippen LogP contribution in [-0.4, -0.2) is 73.6 Å². The first kappa shape index (κ1) is 24.1. The Morgan fingerprint density at radius 1 is 1.18 bits per heavy atom. The number of hydrogen-bond donors (Lipinski definition) is 1. The Bertz CT molecular complexity index is 1260. The van der Waals surface area contributed by atoms with Gasteiger partial charge in [0.1, 0.15) is 11.6 Å². The van der Waals surface area contributed by atoms with E-state index in [-0.39, 0.29) is 17.2 Å². The van der Waals surface area contributed by atoms with E-state index in [0.717, 1.165) is 30.2 Å². The highest BCUT2D eigenvalue weighted by Crippen LogP contribution is 2.23. The standard InChI is InChI=1S/C23H30N6O4S/c1-4-29-20-7-6-18(34(31,32)27(2)3)15-19(20)26-22(29)9-10-23(30)25-17-5-8-21(24-16-17)28-11-13-33-14-12-28/h5-8,15-16H,4,9-14H2,1-3H3,(H,25,30). The Balaban J connectivity index is 1.42. The van der Waals surface area contributed by atoms with E-state index in [2.05, 4.69) is 20.2 Å². The second-order valence-corrected chi connectivity index (χ2v) is 10.4. The minimum Gasteiger partial charge on any atom is -0.378 e. The second-order valence-electron chi connectivity index (χ2n) is 8.26. The van der Waals surface area contributed by atoms with Gasteiger partial charge in [0.15, 0.2) is 0 Å². The van der Waals surface area contributed by atoms with Crippen LogP contribution in [0.5, 0.6) is 0 Å². The number of carbonyl (C=O) groups is 1. The molecule has 0 bridgehead atoms. The number of imidazole rings is 1. The molecule has 1 fully saturated rings. The Morgan fingerprint density at radius 2 is 1.94 bits per heavy atom. The summed E-state index contributed by atoms with van der Waals surface area (Å²) in [5, 5.41) is 2.89. The van der Waals surface area contributed by atoms with E-state index in [1.807, 2.05) is 23.6 Å². The molecule has 1 aliphatic rings. The average Bonchev–Trinajstić information content (AvgIpc) is 3.20. The monoisotopic (exact) mass is 486 g/mol. The fourth-order valence-corrected chi connectivity index (χ4v) is 4.89. The van der Waals surface area contributed by atoms with Crippen molar-refractivity contribution in [2.24, 2.45) is 0 Å². The lowest BCUT2D eigenvalue weighted by Crippen LogP contribution is -2.36. The topological polar surface area (TPSA) is 110 Å². The summed E-state index contributed by atoms with van der Waals surface area (Å²) < 4.78 is 33.5. The summed E-state index contributed by atoms with van der Waals surface area (Å²) in [5.41, 5.74) is 2.09. The lowest BCUT2D eigenvalue weighted by Gasteiger charge is -2.27. The van der Waals surface area contributed by atoms with Gasteiger partial charge in [-0.3, -0.25) is 4.79 Å². The number of amides is 1. The predicted octanol–water partition coefficient (Wildman–Crippen LogP) is 2.11. The van der Waals surface area contributed by atoms with Gasteiger partial charge in [0.2, 0.25) is 15.9 Å². The normalized spacial score (nSPS) is 14.6. The Morgan fingerprint density at radius 3 is 2.59 bits per heavy atom. The molecule has 3 aromatic rings. The second kappa shape index (κ2) is 10.1. The molecular weight excluding hydrogens is 456 g/mol. The molecular formula is C23H30N6O4S. The van der Waals surface area contributed by atoms with E-state index in [0.29, 0.717) is 37.4 Å². The van der Waals surface area contributed by atoms with Gasteiger partial charge in [-0.1, -0.05) is 0 Å². The minimum atomic E-state index is -3.54. The molecule has 1 amide bonds. The Labute approximate surface area is 199 Å². The molecule has 0 unspecified atom stereocenters. The minimum absolute atomic E-state index is 0.133. The molecule has 2 aromatic heterocycles. The first-order valence-corrected chi connectivity index (χ1v) is 12.7. The number of nitrogens with zero attached hydrogens (tertiary/aromatic N) is 5. The van der Waals surface area contributed by atoms with Gasteiger partial charge >= 0.3 is 0 Å². The lowest BCUT2D eigenvalue weighted by molar-refractivity contribution is -0.116. The molecule has 182 valence electrons. The van der Waals surface area contributed by atoms with Crippen molar-refractivity contribution in [3.8, 4) is 0 Å². The number of hydrogen-bond acceptors (Lipinski definition) is 7. The number of anilines is 2. The highest BCUT2D eigenvalue weighted by atomic mass is 32.2. The maximum Gasteiger partial charge on any atom is 0.242 e. The number of sulfonamides is 1. The van der Waals surface area contributed by atoms with Crippen LogP contribution in [0.25, 0.3) is 11.0 Å². The van der Waals surface area contributed by atoms with Gasteiger partial charge in [0, 0.05) is 46.6 Å². The fraction of sp³-hybridized carbons (Fsp3) is 0.435. The molecule has 10 nitrogen and oxygen atoms in total. The van der Waals surface area contributed by atoms with Gasteiger partial charge in [0.25, 0.3) is 0 Å². The third-order valence-corrected chi connectivity index (χ3v) is 7.65. The number of ether oxygens (including phenoxy) is 1. The zero-order valence-electron chi connectivity index (χ0n) is 19.7. The van der Waals surface area contributed by atoms with Crippen LogP contribution < -0.4 is 10.2 Å². The molecule has 1 aromatic carbocycles. The van der Waals surface area contributed by atoms with Gasteiger partial charge in [-0.05, 0) is 37.3 Å². The van der Waals surface area contributed by atoms with Crippen LogP contribution in [0.1, 0.15) is 19.2 Å². The molecule has 0 atom stereocenters. The first-order valence-electron chi connectivity index (χ1n) is 11.3. The number of pyridine rings is 1. The van der Waals surface area contributed by atoms with E-state index in [9.17, 15) is 13.2 Å². The number of rotatable bonds is 8. The van der Waals surface area contributed by atoms with E-state index in [1.165, 1.54) is 18.4 Å². The fourth-order valence-electron chi connectivity index (χ4n) is 3.96. The van der Waals surface area contributed by atoms with Gasteiger partial charge < -0.3 is 19.5 Å². The van der Waals surface area contributed by atoms with Crippen molar-refractivity contribution in [1.82, 2.24) is 18.8 Å². The summed E-state index contributed by atoms with van der Waals surface area (Å²) in [6.45, 7) is 5.65. The van der Waals surface area contributed by atoms with Crippen molar-refractivity contribution >= 4 is 38.5 Å². The van der Waals surface area contributed by atoms with Gasteiger partial charge in [-0.25, -0.2) is 22.7 Å². The summed E-state index contributed by atoms with van der Waals surface area (Å²) >= 11 is 0. The number of aryl methyl sites for hydroxylation is 2. The molecule has 11 heteroatoms. The van der Waals surface area contributed by atoms with Crippen LogP contribution in [0.4, 0.5) is 11.5 Å². The van der Waals surface area contributed by atoms with E-state index in [4.69, 9.17) is 4.74 Å². The Hall–Kier alpha value is -3.02. The summed E-state index contributed by atoms with van der Waals surface area (Å²) in [6.07, 6.45) is 2.34. The summed E-state index contributed by atoms with van der Waals surface area (Å²) in [4.78, 5) is 24.0. The molecule has 1 saturated heterocycles. The number of carbonyl (C=O) groups excluding carboxylic acids is 1. The van der Waals surface area contributed by atoms with Crippen LogP contribution in [0.2, 0.25) is 0 Å². The number of nitrogens with one attached hydrogen (secondary N) is 1. The van der Waals surface area contributed by atoms with Crippen molar-refractivity contribution in [1.29, 1.82) is 0 Å². The molecule has 1 aliphatic heterocycles.